The molecule has 0 saturated heterocycles. The zero-order valence-corrected chi connectivity index (χ0v) is 33.3. The van der Waals surface area contributed by atoms with E-state index in [2.05, 4.69) is 144 Å². The third kappa shape index (κ3) is 14.7. The molecule has 1 aliphatic carbocycles. The topological polar surface area (TPSA) is 48.6 Å². The number of benzene rings is 1. The van der Waals surface area contributed by atoms with Gasteiger partial charge in [-0.25, -0.2) is 0 Å². The van der Waals surface area contributed by atoms with E-state index in [-0.39, 0.29) is 0 Å². The number of nitrogens with zero attached hydrogens (tertiary/aromatic N) is 2. The summed E-state index contributed by atoms with van der Waals surface area (Å²) in [5, 5.41) is 7.71. The highest BCUT2D eigenvalue weighted by Gasteiger charge is 2.08. The fourth-order valence-electron chi connectivity index (χ4n) is 5.75. The maximum absolute atomic E-state index is 7.71. The quantitative estimate of drug-likeness (QED) is 0.0848. The van der Waals surface area contributed by atoms with Crippen molar-refractivity contribution in [2.75, 3.05) is 6.54 Å². The van der Waals surface area contributed by atoms with Crippen LogP contribution >= 0.6 is 0 Å². The van der Waals surface area contributed by atoms with Crippen molar-refractivity contribution < 1.29 is 0 Å². The van der Waals surface area contributed by atoms with Crippen LogP contribution in [0, 0.1) is 11.3 Å². The van der Waals surface area contributed by atoms with E-state index in [0.717, 1.165) is 88.2 Å². The summed E-state index contributed by atoms with van der Waals surface area (Å²) in [4.78, 5) is 9.42. The van der Waals surface area contributed by atoms with Crippen molar-refractivity contribution in [3.05, 3.63) is 178 Å². The van der Waals surface area contributed by atoms with Crippen LogP contribution in [0.5, 0.6) is 0 Å². The normalized spacial score (nSPS) is 15.8. The summed E-state index contributed by atoms with van der Waals surface area (Å²) in [5.41, 5.74) is 21.6. The molecule has 1 aromatic rings. The minimum atomic E-state index is 0.496. The Kier molecular flexibility index (Phi) is 17.4. The molecule has 1 N–H and O–H groups in total. The largest absolute Gasteiger partial charge is 0.310 e. The first-order valence-corrected chi connectivity index (χ1v) is 18.8. The van der Waals surface area contributed by atoms with Crippen LogP contribution in [0.25, 0.3) is 11.6 Å². The van der Waals surface area contributed by atoms with Crippen LogP contribution in [-0.2, 0) is 0 Å². The standard InChI is InChI=1S/C50H59N3/c1-11-44(21-20-42(9)51)22-23-45-24-27-47(28-25-45)41(8)34-50-30-29-48(31-32-52-50)39(6)19-26-46(12-2)38(5)17-13-15-36(3)35-53-43(10)49-18-14-16-37(4)40(7)33-49/h12-18,22-25,27-29,31-32,44,51H,3,6,8,11,19-21,26,34-35H2,1-2,4-5,7,9-10H3/b15-13-,23-22+,38-17+,46-12-,51-42?,53-43+. The third-order valence-corrected chi connectivity index (χ3v) is 9.62. The zero-order valence-electron chi connectivity index (χ0n) is 33.3. The molecule has 0 bridgehead atoms. The Hall–Kier alpha value is -5.33. The fourth-order valence-corrected chi connectivity index (χ4v) is 5.75. The van der Waals surface area contributed by atoms with Crippen molar-refractivity contribution in [2.45, 2.75) is 87.0 Å². The summed E-state index contributed by atoms with van der Waals surface area (Å²) in [6.45, 7) is 28.0. The van der Waals surface area contributed by atoms with Crippen molar-refractivity contribution in [1.29, 1.82) is 5.41 Å². The van der Waals surface area contributed by atoms with Crippen LogP contribution in [0.1, 0.15) is 98.1 Å². The second kappa shape index (κ2) is 21.9. The van der Waals surface area contributed by atoms with Crippen LogP contribution in [0.15, 0.2) is 176 Å². The van der Waals surface area contributed by atoms with Crippen molar-refractivity contribution in [2.24, 2.45) is 15.9 Å². The molecule has 1 atom stereocenters. The van der Waals surface area contributed by atoms with Gasteiger partial charge in [0.15, 0.2) is 0 Å². The number of nitrogens with one attached hydrogen (secondary N) is 1. The zero-order chi connectivity index (χ0) is 38.8. The van der Waals surface area contributed by atoms with Gasteiger partial charge in [-0.15, -0.1) is 5.73 Å². The molecular formula is C50H59N3. The molecular weight excluding hydrogens is 643 g/mol. The maximum atomic E-state index is 7.71. The summed E-state index contributed by atoms with van der Waals surface area (Å²) in [5.74, 6) is 0.496. The molecule has 1 unspecified atom stereocenters. The van der Waals surface area contributed by atoms with Crippen LogP contribution in [0.2, 0.25) is 0 Å². The highest BCUT2D eigenvalue weighted by Crippen LogP contribution is 2.26. The Morgan fingerprint density at radius 3 is 2.45 bits per heavy atom. The molecule has 1 aromatic carbocycles. The van der Waals surface area contributed by atoms with Gasteiger partial charge in [0.2, 0.25) is 0 Å². The van der Waals surface area contributed by atoms with Gasteiger partial charge >= 0.3 is 0 Å². The predicted molar refractivity (Wildman–Crippen MR) is 235 cm³/mol. The lowest BCUT2D eigenvalue weighted by atomic mass is 9.95. The van der Waals surface area contributed by atoms with E-state index in [4.69, 9.17) is 10.4 Å². The molecule has 1 aliphatic heterocycles. The molecule has 0 amide bonds. The Balaban J connectivity index is 1.52. The van der Waals surface area contributed by atoms with Gasteiger partial charge in [-0.05, 0) is 154 Å². The molecule has 0 spiro atoms. The summed E-state index contributed by atoms with van der Waals surface area (Å²) in [6.07, 6.45) is 30.3. The van der Waals surface area contributed by atoms with Gasteiger partial charge in [-0.2, -0.15) is 0 Å². The molecule has 3 nitrogen and oxygen atoms in total. The molecule has 2 aliphatic rings. The number of aliphatic imine (C=N–C) groups is 2. The van der Waals surface area contributed by atoms with Crippen molar-refractivity contribution in [3.8, 4) is 0 Å². The number of hydrogen-bond donors (Lipinski definition) is 1. The van der Waals surface area contributed by atoms with E-state index in [0.29, 0.717) is 18.9 Å². The third-order valence-electron chi connectivity index (χ3n) is 9.62. The Bertz CT molecular complexity index is 1970. The molecule has 53 heavy (non-hydrogen) atoms. The number of allylic oxidation sites excluding steroid dienone is 15. The molecule has 0 fully saturated rings. The lowest BCUT2D eigenvalue weighted by Gasteiger charge is -2.10. The van der Waals surface area contributed by atoms with Crippen LogP contribution in [-0.4, -0.2) is 24.2 Å². The fraction of sp³-hybridized carbons (Fsp3) is 0.300. The second-order valence-electron chi connectivity index (χ2n) is 13.9. The average molecular weight is 702 g/mol. The second-order valence-corrected chi connectivity index (χ2v) is 13.9. The van der Waals surface area contributed by atoms with Crippen LogP contribution in [0.4, 0.5) is 0 Å². The van der Waals surface area contributed by atoms with E-state index in [1.54, 1.807) is 0 Å². The lowest BCUT2D eigenvalue weighted by Crippen LogP contribution is -1.98. The van der Waals surface area contributed by atoms with E-state index in [1.807, 2.05) is 38.3 Å². The van der Waals surface area contributed by atoms with Gasteiger partial charge in [0.25, 0.3) is 0 Å². The van der Waals surface area contributed by atoms with E-state index >= 15 is 0 Å². The van der Waals surface area contributed by atoms with Gasteiger partial charge in [0, 0.05) is 29.6 Å². The Labute approximate surface area is 320 Å². The minimum Gasteiger partial charge on any atom is -0.310 e. The summed E-state index contributed by atoms with van der Waals surface area (Å²) in [7, 11) is 0. The van der Waals surface area contributed by atoms with Gasteiger partial charge in [0.05, 0.1) is 12.2 Å². The van der Waals surface area contributed by atoms with Gasteiger partial charge < -0.3 is 5.41 Å². The minimum absolute atomic E-state index is 0.496. The molecule has 0 aromatic heterocycles. The Morgan fingerprint density at radius 1 is 1.00 bits per heavy atom. The first kappa shape index (κ1) is 42.1. The van der Waals surface area contributed by atoms with E-state index in [9.17, 15) is 0 Å². The number of rotatable bonds is 19. The van der Waals surface area contributed by atoms with Crippen LogP contribution < -0.4 is 0 Å². The molecule has 3 rings (SSSR count). The Morgan fingerprint density at radius 2 is 1.75 bits per heavy atom. The summed E-state index contributed by atoms with van der Waals surface area (Å²) in [6, 6.07) is 8.54. The first-order valence-electron chi connectivity index (χ1n) is 18.8. The van der Waals surface area contributed by atoms with Gasteiger partial charge in [-0.1, -0.05) is 105 Å². The molecule has 1 heterocycles. The maximum Gasteiger partial charge on any atom is 0.0864 e. The van der Waals surface area contributed by atoms with Crippen molar-refractivity contribution in [1.82, 2.24) is 0 Å². The first-order chi connectivity index (χ1) is 25.4. The van der Waals surface area contributed by atoms with Gasteiger partial charge in [-0.3, -0.25) is 9.98 Å². The highest BCUT2D eigenvalue weighted by atomic mass is 14.7. The summed E-state index contributed by atoms with van der Waals surface area (Å²) >= 11 is 0. The molecule has 0 saturated carbocycles. The average Bonchev–Trinajstić information content (AvgIpc) is 3.48. The molecule has 0 radical (unpaired) electrons. The van der Waals surface area contributed by atoms with Crippen LogP contribution in [0.3, 0.4) is 0 Å². The molecule has 3 heteroatoms. The molecule has 274 valence electrons. The van der Waals surface area contributed by atoms with Crippen molar-refractivity contribution in [3.63, 3.8) is 0 Å². The lowest BCUT2D eigenvalue weighted by molar-refractivity contribution is 0.588. The summed E-state index contributed by atoms with van der Waals surface area (Å²) < 4.78 is 0. The highest BCUT2D eigenvalue weighted by molar-refractivity contribution is 6.01. The monoisotopic (exact) mass is 701 g/mol. The van der Waals surface area contributed by atoms with Crippen molar-refractivity contribution >= 4 is 29.3 Å². The predicted octanol–water partition coefficient (Wildman–Crippen LogP) is 13.8. The van der Waals surface area contributed by atoms with E-state index in [1.165, 1.54) is 22.3 Å². The number of hydrogen-bond acceptors (Lipinski definition) is 3. The SMILES string of the molecule is C=C(\C=C/C=C(C)/C(=C\C)CCC(=C)C1=CC=NC(CC(=C)c2ccc(/C=C/C(CC)CCC(C)=N)cc2)=C=C1)C/N=C(\C)C1=C=C(C)C(C)=CC=C1. The van der Waals surface area contributed by atoms with E-state index < -0.39 is 0 Å². The smallest absolute Gasteiger partial charge is 0.0864 e. The van der Waals surface area contributed by atoms with Gasteiger partial charge in [0.1, 0.15) is 0 Å².